The largest absolute Gasteiger partial charge is 0.432 e. The molecular formula is C18H19N7O2. The monoisotopic (exact) mass is 365 g/mol. The van der Waals surface area contributed by atoms with E-state index in [4.69, 9.17) is 14.1 Å². The van der Waals surface area contributed by atoms with E-state index in [1.807, 2.05) is 32.2 Å². The van der Waals surface area contributed by atoms with Crippen LogP contribution in [0.2, 0.25) is 0 Å². The number of hydrogen-bond donors (Lipinski definition) is 1. The Hall–Kier alpha value is -3.20. The van der Waals surface area contributed by atoms with Crippen LogP contribution in [0.3, 0.4) is 0 Å². The predicted octanol–water partition coefficient (Wildman–Crippen LogP) is 2.39. The van der Waals surface area contributed by atoms with Crippen LogP contribution >= 0.6 is 0 Å². The summed E-state index contributed by atoms with van der Waals surface area (Å²) in [7, 11) is 1.90. The molecule has 5 rings (SSSR count). The summed E-state index contributed by atoms with van der Waals surface area (Å²) < 4.78 is 13.3. The minimum atomic E-state index is 0.480. The van der Waals surface area contributed by atoms with Crippen molar-refractivity contribution in [1.82, 2.24) is 24.7 Å². The Kier molecular flexibility index (Phi) is 3.68. The number of pyridine rings is 1. The Morgan fingerprint density at radius 2 is 2.04 bits per heavy atom. The van der Waals surface area contributed by atoms with Gasteiger partial charge in [0, 0.05) is 38.1 Å². The van der Waals surface area contributed by atoms with Crippen molar-refractivity contribution in [3.63, 3.8) is 0 Å². The lowest BCUT2D eigenvalue weighted by atomic mass is 10.3. The molecule has 4 aromatic rings. The zero-order valence-corrected chi connectivity index (χ0v) is 15.1. The van der Waals surface area contributed by atoms with Crippen molar-refractivity contribution < 1.29 is 9.15 Å². The lowest BCUT2D eigenvalue weighted by Gasteiger charge is -2.27. The molecule has 0 unspecified atom stereocenters. The van der Waals surface area contributed by atoms with Crippen molar-refractivity contribution in [3.8, 4) is 0 Å². The number of anilines is 3. The summed E-state index contributed by atoms with van der Waals surface area (Å²) in [6, 6.07) is 5.79. The third-order valence-corrected chi connectivity index (χ3v) is 4.74. The predicted molar refractivity (Wildman–Crippen MR) is 101 cm³/mol. The number of fused-ring (bicyclic) bond motifs is 3. The van der Waals surface area contributed by atoms with Crippen LogP contribution < -0.4 is 10.2 Å². The number of aromatic nitrogens is 5. The molecule has 0 aromatic carbocycles. The van der Waals surface area contributed by atoms with E-state index in [1.165, 1.54) is 0 Å². The van der Waals surface area contributed by atoms with Crippen LogP contribution in [0.25, 0.3) is 22.2 Å². The first kappa shape index (κ1) is 16.0. The van der Waals surface area contributed by atoms with Gasteiger partial charge >= 0.3 is 0 Å². The van der Waals surface area contributed by atoms with Gasteiger partial charge in [-0.2, -0.15) is 10.1 Å². The molecule has 0 saturated carbocycles. The highest BCUT2D eigenvalue weighted by Gasteiger charge is 2.22. The van der Waals surface area contributed by atoms with Crippen LogP contribution in [0.15, 0.2) is 28.8 Å². The third-order valence-electron chi connectivity index (χ3n) is 4.74. The molecule has 0 spiro atoms. The van der Waals surface area contributed by atoms with Crippen molar-refractivity contribution >= 4 is 39.8 Å². The van der Waals surface area contributed by atoms with Crippen LogP contribution in [-0.2, 0) is 11.8 Å². The topological polar surface area (TPSA) is 94.1 Å². The number of morpholine rings is 1. The minimum Gasteiger partial charge on any atom is -0.432 e. The normalized spacial score (nSPS) is 15.0. The standard InChI is InChI=1S/C18H19N7O2/c1-11-10-13(23-24(11)2)20-18-21-14-12-4-3-5-19-17(12)27-15(14)16(22-18)25-6-8-26-9-7-25/h3-5,10H,6-9H2,1-2H3,(H,20,21,22,23). The maximum Gasteiger partial charge on any atom is 0.231 e. The van der Waals surface area contributed by atoms with Gasteiger partial charge in [-0.05, 0) is 19.1 Å². The molecule has 0 atom stereocenters. The molecule has 1 N–H and O–H groups in total. The van der Waals surface area contributed by atoms with Gasteiger partial charge in [-0.1, -0.05) is 0 Å². The maximum atomic E-state index is 6.00. The summed E-state index contributed by atoms with van der Waals surface area (Å²) in [5.74, 6) is 1.93. The fourth-order valence-electron chi connectivity index (χ4n) is 3.25. The summed E-state index contributed by atoms with van der Waals surface area (Å²) in [6.45, 7) is 4.81. The van der Waals surface area contributed by atoms with Crippen molar-refractivity contribution in [2.75, 3.05) is 36.5 Å². The summed E-state index contributed by atoms with van der Waals surface area (Å²) in [5, 5.41) is 8.52. The molecule has 1 aliphatic heterocycles. The van der Waals surface area contributed by atoms with Gasteiger partial charge in [-0.3, -0.25) is 4.68 Å². The van der Waals surface area contributed by atoms with Crippen LogP contribution in [0.1, 0.15) is 5.69 Å². The number of nitrogens with one attached hydrogen (secondary N) is 1. The van der Waals surface area contributed by atoms with Crippen LogP contribution in [0.4, 0.5) is 17.6 Å². The molecule has 9 heteroatoms. The fourth-order valence-corrected chi connectivity index (χ4v) is 3.25. The van der Waals surface area contributed by atoms with Gasteiger partial charge in [-0.15, -0.1) is 0 Å². The van der Waals surface area contributed by atoms with Gasteiger partial charge in [0.2, 0.25) is 11.7 Å². The molecule has 0 bridgehead atoms. The smallest absolute Gasteiger partial charge is 0.231 e. The number of ether oxygens (including phenoxy) is 1. The van der Waals surface area contributed by atoms with E-state index in [0.29, 0.717) is 36.3 Å². The first-order valence-electron chi connectivity index (χ1n) is 8.85. The third kappa shape index (κ3) is 2.76. The fraction of sp³-hybridized carbons (Fsp3) is 0.333. The van der Waals surface area contributed by atoms with E-state index < -0.39 is 0 Å². The second kappa shape index (κ2) is 6.20. The number of aryl methyl sites for hydroxylation is 2. The average Bonchev–Trinajstić information content (AvgIpc) is 3.21. The number of hydrogen-bond acceptors (Lipinski definition) is 8. The van der Waals surface area contributed by atoms with Gasteiger partial charge in [0.05, 0.1) is 18.6 Å². The first-order chi connectivity index (χ1) is 13.2. The number of furan rings is 1. The second-order valence-corrected chi connectivity index (χ2v) is 6.53. The van der Waals surface area contributed by atoms with Crippen molar-refractivity contribution in [2.24, 2.45) is 7.05 Å². The van der Waals surface area contributed by atoms with E-state index in [0.717, 1.165) is 35.5 Å². The van der Waals surface area contributed by atoms with Crippen LogP contribution in [-0.4, -0.2) is 51.0 Å². The molecule has 4 aromatic heterocycles. The van der Waals surface area contributed by atoms with Crippen LogP contribution in [0, 0.1) is 6.92 Å². The van der Waals surface area contributed by atoms with Crippen LogP contribution in [0.5, 0.6) is 0 Å². The SMILES string of the molecule is Cc1cc(Nc2nc(N3CCOCC3)c3oc4ncccc4c3n2)nn1C. The Morgan fingerprint density at radius 3 is 2.81 bits per heavy atom. The molecule has 9 nitrogen and oxygen atoms in total. The lowest BCUT2D eigenvalue weighted by molar-refractivity contribution is 0.122. The summed E-state index contributed by atoms with van der Waals surface area (Å²) in [5.41, 5.74) is 2.99. The number of rotatable bonds is 3. The summed E-state index contributed by atoms with van der Waals surface area (Å²) in [4.78, 5) is 15.9. The zero-order chi connectivity index (χ0) is 18.4. The van der Waals surface area contributed by atoms with Crippen molar-refractivity contribution in [2.45, 2.75) is 6.92 Å². The molecule has 138 valence electrons. The average molecular weight is 365 g/mol. The van der Waals surface area contributed by atoms with E-state index in [1.54, 1.807) is 10.9 Å². The Morgan fingerprint density at radius 1 is 1.19 bits per heavy atom. The molecule has 1 aliphatic rings. The van der Waals surface area contributed by atoms with Gasteiger partial charge in [-0.25, -0.2) is 9.97 Å². The van der Waals surface area contributed by atoms with Gasteiger partial charge in [0.15, 0.2) is 17.2 Å². The highest BCUT2D eigenvalue weighted by atomic mass is 16.5. The molecule has 0 aliphatic carbocycles. The van der Waals surface area contributed by atoms with Gasteiger partial charge in [0.25, 0.3) is 0 Å². The molecule has 1 fully saturated rings. The van der Waals surface area contributed by atoms with Crippen molar-refractivity contribution in [1.29, 1.82) is 0 Å². The summed E-state index contributed by atoms with van der Waals surface area (Å²) in [6.07, 6.45) is 1.71. The van der Waals surface area contributed by atoms with Crippen molar-refractivity contribution in [3.05, 3.63) is 30.1 Å². The first-order valence-corrected chi connectivity index (χ1v) is 8.85. The molecule has 5 heterocycles. The van der Waals surface area contributed by atoms with E-state index >= 15 is 0 Å². The van der Waals surface area contributed by atoms with E-state index in [9.17, 15) is 0 Å². The Labute approximate surface area is 155 Å². The molecule has 0 amide bonds. The molecule has 27 heavy (non-hydrogen) atoms. The maximum absolute atomic E-state index is 6.00. The van der Waals surface area contributed by atoms with Gasteiger partial charge < -0.3 is 19.4 Å². The Balaban J connectivity index is 1.67. The zero-order valence-electron chi connectivity index (χ0n) is 15.1. The quantitative estimate of drug-likeness (QED) is 0.591. The second-order valence-electron chi connectivity index (χ2n) is 6.53. The minimum absolute atomic E-state index is 0.480. The number of nitrogens with zero attached hydrogens (tertiary/aromatic N) is 6. The molecule has 1 saturated heterocycles. The summed E-state index contributed by atoms with van der Waals surface area (Å²) >= 11 is 0. The highest BCUT2D eigenvalue weighted by molar-refractivity contribution is 6.05. The lowest BCUT2D eigenvalue weighted by Crippen LogP contribution is -2.37. The molecular weight excluding hydrogens is 346 g/mol. The van der Waals surface area contributed by atoms with Gasteiger partial charge in [0.1, 0.15) is 5.52 Å². The highest BCUT2D eigenvalue weighted by Crippen LogP contribution is 2.33. The Bertz CT molecular complexity index is 1110. The van der Waals surface area contributed by atoms with E-state index in [2.05, 4.69) is 25.3 Å². The molecule has 0 radical (unpaired) electrons. The van der Waals surface area contributed by atoms with E-state index in [-0.39, 0.29) is 0 Å².